The van der Waals surface area contributed by atoms with Crippen molar-refractivity contribution in [2.24, 2.45) is 5.73 Å². The van der Waals surface area contributed by atoms with Crippen LogP contribution in [-0.4, -0.2) is 20.8 Å². The van der Waals surface area contributed by atoms with Crippen molar-refractivity contribution in [3.8, 4) is 11.5 Å². The van der Waals surface area contributed by atoms with E-state index in [9.17, 15) is 0 Å². The van der Waals surface area contributed by atoms with E-state index in [-0.39, 0.29) is 5.41 Å². The van der Waals surface area contributed by atoms with Crippen molar-refractivity contribution in [2.75, 3.05) is 20.8 Å². The zero-order valence-electron chi connectivity index (χ0n) is 10.3. The van der Waals surface area contributed by atoms with Gasteiger partial charge in [0.15, 0.2) is 0 Å². The van der Waals surface area contributed by atoms with Crippen LogP contribution < -0.4 is 15.2 Å². The summed E-state index contributed by atoms with van der Waals surface area (Å²) in [4.78, 5) is 0. The summed E-state index contributed by atoms with van der Waals surface area (Å²) in [6.07, 6.45) is 3.49. The molecule has 0 heterocycles. The molecule has 0 bridgehead atoms. The van der Waals surface area contributed by atoms with Crippen LogP contribution >= 0.6 is 15.9 Å². The number of benzene rings is 1. The van der Waals surface area contributed by atoms with Crippen LogP contribution in [0.5, 0.6) is 11.5 Å². The third kappa shape index (κ3) is 2.04. The number of methoxy groups -OCH3 is 2. The fourth-order valence-electron chi connectivity index (χ4n) is 2.46. The monoisotopic (exact) mass is 299 g/mol. The molecule has 1 saturated carbocycles. The second-order valence-electron chi connectivity index (χ2n) is 4.53. The Hall–Kier alpha value is -0.740. The number of nitrogens with two attached hydrogens (primary N) is 1. The van der Waals surface area contributed by atoms with E-state index in [1.54, 1.807) is 14.2 Å². The van der Waals surface area contributed by atoms with Crippen molar-refractivity contribution in [3.05, 3.63) is 22.2 Å². The lowest BCUT2D eigenvalue weighted by Crippen LogP contribution is -2.41. The molecule has 0 aliphatic heterocycles. The Morgan fingerprint density at radius 3 is 2.29 bits per heavy atom. The van der Waals surface area contributed by atoms with Gasteiger partial charge in [0.1, 0.15) is 11.5 Å². The standard InChI is InChI=1S/C13H18BrNO2/c1-16-11-7-10(14)12(17-2)6-9(11)13(8-15)4-3-5-13/h6-7H,3-5,8,15H2,1-2H3. The Bertz CT molecular complexity index is 411. The molecule has 0 atom stereocenters. The van der Waals surface area contributed by atoms with Gasteiger partial charge < -0.3 is 15.2 Å². The van der Waals surface area contributed by atoms with Gasteiger partial charge in [-0.25, -0.2) is 0 Å². The molecule has 1 aliphatic carbocycles. The lowest BCUT2D eigenvalue weighted by atomic mass is 9.64. The van der Waals surface area contributed by atoms with Crippen LogP contribution in [0.15, 0.2) is 16.6 Å². The zero-order chi connectivity index (χ0) is 12.5. The topological polar surface area (TPSA) is 44.5 Å². The van der Waals surface area contributed by atoms with Crippen LogP contribution in [0, 0.1) is 0 Å². The Kier molecular flexibility index (Phi) is 3.64. The summed E-state index contributed by atoms with van der Waals surface area (Å²) >= 11 is 3.47. The quantitative estimate of drug-likeness (QED) is 0.930. The molecule has 17 heavy (non-hydrogen) atoms. The summed E-state index contributed by atoms with van der Waals surface area (Å²) in [6, 6.07) is 4.01. The van der Waals surface area contributed by atoms with E-state index in [0.29, 0.717) is 6.54 Å². The van der Waals surface area contributed by atoms with Crippen LogP contribution in [0.1, 0.15) is 24.8 Å². The summed E-state index contributed by atoms with van der Waals surface area (Å²) in [5.41, 5.74) is 7.20. The van der Waals surface area contributed by atoms with Gasteiger partial charge in [0.2, 0.25) is 0 Å². The molecule has 0 radical (unpaired) electrons. The summed E-state index contributed by atoms with van der Waals surface area (Å²) in [7, 11) is 3.37. The average Bonchev–Trinajstić information content (AvgIpc) is 2.29. The molecule has 4 heteroatoms. The maximum Gasteiger partial charge on any atom is 0.133 e. The highest BCUT2D eigenvalue weighted by Gasteiger charge is 2.40. The van der Waals surface area contributed by atoms with E-state index < -0.39 is 0 Å². The number of hydrogen-bond acceptors (Lipinski definition) is 3. The highest BCUT2D eigenvalue weighted by molar-refractivity contribution is 9.10. The molecule has 94 valence electrons. The highest BCUT2D eigenvalue weighted by atomic mass is 79.9. The molecule has 0 saturated heterocycles. The first-order valence-corrected chi connectivity index (χ1v) is 6.58. The van der Waals surface area contributed by atoms with Gasteiger partial charge in [-0.3, -0.25) is 0 Å². The van der Waals surface area contributed by atoms with Crippen molar-refractivity contribution in [2.45, 2.75) is 24.7 Å². The lowest BCUT2D eigenvalue weighted by Gasteiger charge is -2.42. The maximum absolute atomic E-state index is 5.95. The fraction of sp³-hybridized carbons (Fsp3) is 0.538. The van der Waals surface area contributed by atoms with Crippen LogP contribution in [-0.2, 0) is 5.41 Å². The van der Waals surface area contributed by atoms with Crippen LogP contribution in [0.25, 0.3) is 0 Å². The van der Waals surface area contributed by atoms with Crippen molar-refractivity contribution in [1.82, 2.24) is 0 Å². The van der Waals surface area contributed by atoms with E-state index in [1.807, 2.05) is 6.07 Å². The maximum atomic E-state index is 5.95. The predicted molar refractivity (Wildman–Crippen MR) is 71.8 cm³/mol. The smallest absolute Gasteiger partial charge is 0.133 e. The van der Waals surface area contributed by atoms with Gasteiger partial charge in [0.05, 0.1) is 18.7 Å². The van der Waals surface area contributed by atoms with Gasteiger partial charge >= 0.3 is 0 Å². The first-order chi connectivity index (χ1) is 8.16. The number of ether oxygens (including phenoxy) is 2. The normalized spacial score (nSPS) is 17.4. The van der Waals surface area contributed by atoms with Gasteiger partial charge in [-0.1, -0.05) is 6.42 Å². The first kappa shape index (κ1) is 12.7. The Morgan fingerprint density at radius 2 is 1.88 bits per heavy atom. The molecule has 0 spiro atoms. The van der Waals surface area contributed by atoms with E-state index >= 15 is 0 Å². The minimum atomic E-state index is 0.0827. The second kappa shape index (κ2) is 4.86. The van der Waals surface area contributed by atoms with Crippen molar-refractivity contribution in [3.63, 3.8) is 0 Å². The molecule has 1 aliphatic rings. The van der Waals surface area contributed by atoms with Gasteiger partial charge in [-0.2, -0.15) is 0 Å². The summed E-state index contributed by atoms with van der Waals surface area (Å²) < 4.78 is 11.7. The van der Waals surface area contributed by atoms with Crippen molar-refractivity contribution in [1.29, 1.82) is 0 Å². The molecule has 0 unspecified atom stereocenters. The van der Waals surface area contributed by atoms with Crippen molar-refractivity contribution < 1.29 is 9.47 Å². The van der Waals surface area contributed by atoms with Gasteiger partial charge in [0.25, 0.3) is 0 Å². The number of halogens is 1. The van der Waals surface area contributed by atoms with Gasteiger partial charge in [0, 0.05) is 17.5 Å². The molecular formula is C13H18BrNO2. The van der Waals surface area contributed by atoms with Gasteiger partial charge in [-0.15, -0.1) is 0 Å². The molecule has 1 fully saturated rings. The molecule has 1 aromatic carbocycles. The van der Waals surface area contributed by atoms with E-state index in [0.717, 1.165) is 28.8 Å². The summed E-state index contributed by atoms with van der Waals surface area (Å²) in [6.45, 7) is 0.661. The lowest BCUT2D eigenvalue weighted by molar-refractivity contribution is 0.242. The zero-order valence-corrected chi connectivity index (χ0v) is 11.8. The van der Waals surface area contributed by atoms with Gasteiger partial charge in [-0.05, 0) is 40.9 Å². The molecule has 3 nitrogen and oxygen atoms in total. The highest BCUT2D eigenvalue weighted by Crippen LogP contribution is 2.48. The largest absolute Gasteiger partial charge is 0.496 e. The first-order valence-electron chi connectivity index (χ1n) is 5.79. The minimum Gasteiger partial charge on any atom is -0.496 e. The number of hydrogen-bond donors (Lipinski definition) is 1. The Balaban J connectivity index is 2.50. The van der Waals surface area contributed by atoms with Crippen molar-refractivity contribution >= 4 is 15.9 Å². The Labute approximate surface area is 110 Å². The van der Waals surface area contributed by atoms with E-state index in [1.165, 1.54) is 12.0 Å². The summed E-state index contributed by atoms with van der Waals surface area (Å²) in [5, 5.41) is 0. The van der Waals surface area contributed by atoms with E-state index in [2.05, 4.69) is 22.0 Å². The average molecular weight is 300 g/mol. The second-order valence-corrected chi connectivity index (χ2v) is 5.38. The van der Waals surface area contributed by atoms with Crippen LogP contribution in [0.4, 0.5) is 0 Å². The molecule has 0 amide bonds. The van der Waals surface area contributed by atoms with E-state index in [4.69, 9.17) is 15.2 Å². The molecule has 2 rings (SSSR count). The molecular weight excluding hydrogens is 282 g/mol. The molecule has 2 N–H and O–H groups in total. The van der Waals surface area contributed by atoms with Crippen LogP contribution in [0.2, 0.25) is 0 Å². The minimum absolute atomic E-state index is 0.0827. The molecule has 0 aromatic heterocycles. The Morgan fingerprint density at radius 1 is 1.24 bits per heavy atom. The summed E-state index contributed by atoms with van der Waals surface area (Å²) in [5.74, 6) is 1.73. The molecule has 1 aromatic rings. The predicted octanol–water partition coefficient (Wildman–Crippen LogP) is 2.85. The SMILES string of the molecule is COc1cc(C2(CN)CCC2)c(OC)cc1Br. The third-order valence-corrected chi connectivity index (χ3v) is 4.37. The van der Waals surface area contributed by atoms with Crippen LogP contribution in [0.3, 0.4) is 0 Å². The fourth-order valence-corrected chi connectivity index (χ4v) is 2.95. The third-order valence-electron chi connectivity index (χ3n) is 3.75. The number of rotatable bonds is 4.